The van der Waals surface area contributed by atoms with Gasteiger partial charge in [-0.15, -0.1) is 11.3 Å². The summed E-state index contributed by atoms with van der Waals surface area (Å²) in [5.41, 5.74) is 2.01. The summed E-state index contributed by atoms with van der Waals surface area (Å²) in [6.07, 6.45) is 2.35. The van der Waals surface area contributed by atoms with E-state index in [1.165, 1.54) is 12.8 Å². The van der Waals surface area contributed by atoms with Gasteiger partial charge < -0.3 is 10.1 Å². The van der Waals surface area contributed by atoms with Gasteiger partial charge in [0.05, 0.1) is 6.04 Å². The van der Waals surface area contributed by atoms with E-state index in [4.69, 9.17) is 0 Å². The number of thiazole rings is 1. The van der Waals surface area contributed by atoms with Gasteiger partial charge in [-0.1, -0.05) is 12.1 Å². The number of hydrogen-bond acceptors (Lipinski definition) is 4. The summed E-state index contributed by atoms with van der Waals surface area (Å²) in [4.78, 5) is 4.54. The van der Waals surface area contributed by atoms with E-state index in [0.29, 0.717) is 6.04 Å². The lowest BCUT2D eigenvalue weighted by molar-refractivity contribution is -0.0498. The van der Waals surface area contributed by atoms with Crippen LogP contribution in [0.15, 0.2) is 29.6 Å². The van der Waals surface area contributed by atoms with Crippen LogP contribution >= 0.6 is 11.3 Å². The molecule has 0 bridgehead atoms. The standard InChI is InChI=1S/C15H16F2N2OS/c1-9-8-21-14(18-9)13(19-11-4-5-11)10-2-6-12(7-3-10)20-15(16)17/h2-3,6-8,11,13,15,19H,4-5H2,1H3. The van der Waals surface area contributed by atoms with Crippen molar-refractivity contribution >= 4 is 11.3 Å². The molecule has 1 atom stereocenters. The lowest BCUT2D eigenvalue weighted by atomic mass is 10.1. The molecule has 1 aromatic heterocycles. The number of rotatable bonds is 6. The summed E-state index contributed by atoms with van der Waals surface area (Å²) >= 11 is 1.61. The van der Waals surface area contributed by atoms with E-state index in [-0.39, 0.29) is 11.8 Å². The molecule has 0 spiro atoms. The number of hydrogen-bond donors (Lipinski definition) is 1. The fourth-order valence-electron chi connectivity index (χ4n) is 2.14. The number of halogens is 2. The van der Waals surface area contributed by atoms with Gasteiger partial charge in [0.2, 0.25) is 0 Å². The molecular weight excluding hydrogens is 294 g/mol. The summed E-state index contributed by atoms with van der Waals surface area (Å²) in [6.45, 7) is -0.828. The fourth-order valence-corrected chi connectivity index (χ4v) is 3.02. The normalized spacial score (nSPS) is 16.2. The third-order valence-corrected chi connectivity index (χ3v) is 4.33. The van der Waals surface area contributed by atoms with Crippen LogP contribution in [0.25, 0.3) is 0 Å². The Kier molecular flexibility index (Phi) is 4.17. The highest BCUT2D eigenvalue weighted by Crippen LogP contribution is 2.31. The second kappa shape index (κ2) is 6.07. The molecule has 1 unspecified atom stereocenters. The van der Waals surface area contributed by atoms with E-state index in [9.17, 15) is 8.78 Å². The average Bonchev–Trinajstić information content (AvgIpc) is 3.17. The van der Waals surface area contributed by atoms with Crippen molar-refractivity contribution in [3.8, 4) is 5.75 Å². The lowest BCUT2D eigenvalue weighted by Crippen LogP contribution is -2.24. The van der Waals surface area contributed by atoms with E-state index >= 15 is 0 Å². The molecule has 3 nitrogen and oxygen atoms in total. The third-order valence-electron chi connectivity index (χ3n) is 3.30. The fraction of sp³-hybridized carbons (Fsp3) is 0.400. The molecule has 6 heteroatoms. The number of aromatic nitrogens is 1. The molecule has 3 rings (SSSR count). The second-order valence-corrected chi connectivity index (χ2v) is 6.04. The molecule has 112 valence electrons. The monoisotopic (exact) mass is 310 g/mol. The molecule has 1 aromatic carbocycles. The van der Waals surface area contributed by atoms with E-state index in [0.717, 1.165) is 16.3 Å². The zero-order valence-corrected chi connectivity index (χ0v) is 12.4. The third kappa shape index (κ3) is 3.77. The number of ether oxygens (including phenoxy) is 1. The Balaban J connectivity index is 1.81. The first-order chi connectivity index (χ1) is 10.1. The molecule has 1 fully saturated rings. The van der Waals surface area contributed by atoms with Crippen LogP contribution in [0.5, 0.6) is 5.75 Å². The predicted octanol–water partition coefficient (Wildman–Crippen LogP) is 3.89. The van der Waals surface area contributed by atoms with Gasteiger partial charge in [0, 0.05) is 17.1 Å². The van der Waals surface area contributed by atoms with E-state index in [1.807, 2.05) is 24.4 Å². The van der Waals surface area contributed by atoms with Crippen LogP contribution in [0, 0.1) is 6.92 Å². The highest BCUT2D eigenvalue weighted by molar-refractivity contribution is 7.09. The van der Waals surface area contributed by atoms with E-state index in [1.54, 1.807) is 23.5 Å². The van der Waals surface area contributed by atoms with Crippen LogP contribution in [0.1, 0.15) is 35.1 Å². The van der Waals surface area contributed by atoms with Crippen molar-refractivity contribution in [2.45, 2.75) is 38.5 Å². The van der Waals surface area contributed by atoms with Crippen LogP contribution in [-0.2, 0) is 0 Å². The zero-order valence-electron chi connectivity index (χ0n) is 11.6. The van der Waals surface area contributed by atoms with Gasteiger partial charge in [0.15, 0.2) is 0 Å². The minimum Gasteiger partial charge on any atom is -0.435 e. The highest BCUT2D eigenvalue weighted by Gasteiger charge is 2.27. The molecule has 1 aliphatic rings. The summed E-state index contributed by atoms with van der Waals surface area (Å²) < 4.78 is 28.8. The van der Waals surface area contributed by atoms with Gasteiger partial charge >= 0.3 is 6.61 Å². The van der Waals surface area contributed by atoms with E-state index < -0.39 is 6.61 Å². The van der Waals surface area contributed by atoms with E-state index in [2.05, 4.69) is 15.0 Å². The highest BCUT2D eigenvalue weighted by atomic mass is 32.1. The first kappa shape index (κ1) is 14.4. The molecule has 0 radical (unpaired) electrons. The molecule has 1 aliphatic carbocycles. The Bertz CT molecular complexity index is 596. The maximum Gasteiger partial charge on any atom is 0.387 e. The minimum absolute atomic E-state index is 0.0109. The van der Waals surface area contributed by atoms with Crippen molar-refractivity contribution in [2.75, 3.05) is 0 Å². The lowest BCUT2D eigenvalue weighted by Gasteiger charge is -2.17. The van der Waals surface area contributed by atoms with Crippen molar-refractivity contribution in [2.24, 2.45) is 0 Å². The maximum atomic E-state index is 12.2. The smallest absolute Gasteiger partial charge is 0.387 e. The maximum absolute atomic E-state index is 12.2. The number of benzene rings is 1. The van der Waals surface area contributed by atoms with Crippen molar-refractivity contribution in [3.05, 3.63) is 45.9 Å². The average molecular weight is 310 g/mol. The Morgan fingerprint density at radius 2 is 2.00 bits per heavy atom. The van der Waals surface area contributed by atoms with Gasteiger partial charge in [-0.05, 0) is 37.5 Å². The van der Waals surface area contributed by atoms with Crippen molar-refractivity contribution in [1.29, 1.82) is 0 Å². The van der Waals surface area contributed by atoms with Crippen LogP contribution in [0.4, 0.5) is 8.78 Å². The van der Waals surface area contributed by atoms with Gasteiger partial charge in [-0.3, -0.25) is 0 Å². The van der Waals surface area contributed by atoms with Crippen molar-refractivity contribution in [3.63, 3.8) is 0 Å². The van der Waals surface area contributed by atoms with Gasteiger partial charge in [-0.25, -0.2) is 4.98 Å². The van der Waals surface area contributed by atoms with Gasteiger partial charge in [-0.2, -0.15) is 8.78 Å². The first-order valence-electron chi connectivity index (χ1n) is 6.84. The predicted molar refractivity (Wildman–Crippen MR) is 77.9 cm³/mol. The summed E-state index contributed by atoms with van der Waals surface area (Å²) in [7, 11) is 0. The Labute approximate surface area is 126 Å². The zero-order chi connectivity index (χ0) is 14.8. The molecule has 1 N–H and O–H groups in total. The van der Waals surface area contributed by atoms with Crippen molar-refractivity contribution in [1.82, 2.24) is 10.3 Å². The summed E-state index contributed by atoms with van der Waals surface area (Å²) in [5, 5.41) is 6.58. The van der Waals surface area contributed by atoms with Crippen LogP contribution < -0.4 is 10.1 Å². The summed E-state index contributed by atoms with van der Waals surface area (Å²) in [6, 6.07) is 7.31. The Morgan fingerprint density at radius 1 is 1.29 bits per heavy atom. The topological polar surface area (TPSA) is 34.1 Å². The number of alkyl halides is 2. The minimum atomic E-state index is -2.79. The summed E-state index contributed by atoms with van der Waals surface area (Å²) in [5.74, 6) is 0.175. The molecular formula is C15H16F2N2OS. The van der Waals surface area contributed by atoms with Gasteiger partial charge in [0.25, 0.3) is 0 Å². The molecule has 21 heavy (non-hydrogen) atoms. The molecule has 1 heterocycles. The molecule has 0 saturated heterocycles. The van der Waals surface area contributed by atoms with Crippen LogP contribution in [0.2, 0.25) is 0 Å². The van der Waals surface area contributed by atoms with Crippen LogP contribution in [0.3, 0.4) is 0 Å². The largest absolute Gasteiger partial charge is 0.435 e. The number of aryl methyl sites for hydroxylation is 1. The molecule has 0 aliphatic heterocycles. The molecule has 0 amide bonds. The molecule has 1 saturated carbocycles. The number of nitrogens with one attached hydrogen (secondary N) is 1. The van der Waals surface area contributed by atoms with Gasteiger partial charge in [0.1, 0.15) is 10.8 Å². The Morgan fingerprint density at radius 3 is 2.52 bits per heavy atom. The van der Waals surface area contributed by atoms with Crippen molar-refractivity contribution < 1.29 is 13.5 Å². The molecule has 2 aromatic rings. The first-order valence-corrected chi connectivity index (χ1v) is 7.72. The SMILES string of the molecule is Cc1csc(C(NC2CC2)c2ccc(OC(F)F)cc2)n1. The quantitative estimate of drug-likeness (QED) is 0.879. The second-order valence-electron chi connectivity index (χ2n) is 5.15. The Hall–Kier alpha value is -1.53. The number of nitrogens with zero attached hydrogens (tertiary/aromatic N) is 1. The van der Waals surface area contributed by atoms with Crippen LogP contribution in [-0.4, -0.2) is 17.6 Å².